The van der Waals surface area contributed by atoms with Gasteiger partial charge in [0, 0.05) is 0 Å². The molecule has 1 N–H and O–H groups in total. The van der Waals surface area contributed by atoms with E-state index in [2.05, 4.69) is 6.92 Å². The van der Waals surface area contributed by atoms with Crippen LogP contribution in [0.4, 0.5) is 0 Å². The Hall–Kier alpha value is -0.273. The van der Waals surface area contributed by atoms with Crippen molar-refractivity contribution in [3.8, 4) is 0 Å². The summed E-state index contributed by atoms with van der Waals surface area (Å²) in [6.07, 6.45) is 1.94. The molecule has 14 heavy (non-hydrogen) atoms. The Morgan fingerprint density at radius 2 is 1.79 bits per heavy atom. The fraction of sp³-hybridized carbons (Fsp3) is 0.333. The van der Waals surface area contributed by atoms with Crippen LogP contribution in [0, 0.1) is 0 Å². The molecule has 1 aromatic rings. The van der Waals surface area contributed by atoms with Crippen molar-refractivity contribution in [1.29, 1.82) is 0 Å². The Morgan fingerprint density at radius 3 is 2.14 bits per heavy atom. The molecule has 0 aromatic heterocycles. The third-order valence-electron chi connectivity index (χ3n) is 1.76. The molecule has 0 atom stereocenters. The summed E-state index contributed by atoms with van der Waals surface area (Å²) in [6, 6.07) is 6.26. The van der Waals surface area contributed by atoms with E-state index in [1.54, 1.807) is 12.1 Å². The zero-order chi connectivity index (χ0) is 9.90. The molecular formula is C9H13LiO3S. The smallest absolute Gasteiger partial charge is 1.00 e. The van der Waals surface area contributed by atoms with Gasteiger partial charge in [0.1, 0.15) is 0 Å². The van der Waals surface area contributed by atoms with Gasteiger partial charge in [-0.1, -0.05) is 25.5 Å². The maximum absolute atomic E-state index is 10.7. The van der Waals surface area contributed by atoms with E-state index in [-0.39, 0.29) is 25.2 Å². The van der Waals surface area contributed by atoms with Crippen LogP contribution in [0.3, 0.4) is 0 Å². The van der Waals surface area contributed by atoms with Gasteiger partial charge in [-0.05, 0) is 24.1 Å². The molecule has 0 spiro atoms. The standard InChI is InChI=1S/C9H12O3S.Li.H/c1-2-3-8-4-6-9(7-5-8)13(10,11)12;;/h4-7H,2-3H2,1H3,(H,10,11,12);;/q;+1;-1. The fourth-order valence-corrected chi connectivity index (χ4v) is 1.60. The van der Waals surface area contributed by atoms with Gasteiger partial charge in [0.05, 0.1) is 4.90 Å². The van der Waals surface area contributed by atoms with E-state index < -0.39 is 10.1 Å². The van der Waals surface area contributed by atoms with Crippen LogP contribution in [0.15, 0.2) is 29.2 Å². The maximum Gasteiger partial charge on any atom is 1.00 e. The van der Waals surface area contributed by atoms with Gasteiger partial charge in [0.2, 0.25) is 0 Å². The van der Waals surface area contributed by atoms with Gasteiger partial charge in [-0.15, -0.1) is 0 Å². The third kappa shape index (κ3) is 3.85. The third-order valence-corrected chi connectivity index (χ3v) is 2.63. The Morgan fingerprint density at radius 1 is 1.29 bits per heavy atom. The molecule has 0 aliphatic carbocycles. The molecule has 0 amide bonds. The van der Waals surface area contributed by atoms with Crippen LogP contribution < -0.4 is 18.9 Å². The topological polar surface area (TPSA) is 54.4 Å². The van der Waals surface area contributed by atoms with Crippen LogP contribution in [-0.4, -0.2) is 13.0 Å². The van der Waals surface area contributed by atoms with Crippen LogP contribution in [0.25, 0.3) is 0 Å². The maximum atomic E-state index is 10.7. The van der Waals surface area contributed by atoms with Crippen LogP contribution in [0.1, 0.15) is 20.3 Å². The summed E-state index contributed by atoms with van der Waals surface area (Å²) in [5, 5.41) is 0. The molecule has 5 heteroatoms. The molecule has 3 nitrogen and oxygen atoms in total. The first kappa shape index (κ1) is 13.7. The summed E-state index contributed by atoms with van der Waals surface area (Å²) in [5.41, 5.74) is 1.08. The van der Waals surface area contributed by atoms with E-state index in [1.807, 2.05) is 0 Å². The summed E-state index contributed by atoms with van der Waals surface area (Å²) in [4.78, 5) is -0.0487. The van der Waals surface area contributed by atoms with Crippen LogP contribution >= 0.6 is 0 Å². The van der Waals surface area contributed by atoms with E-state index in [0.29, 0.717) is 0 Å². The van der Waals surface area contributed by atoms with Crippen molar-refractivity contribution in [3.63, 3.8) is 0 Å². The van der Waals surface area contributed by atoms with Crippen LogP contribution in [0.5, 0.6) is 0 Å². The second kappa shape index (κ2) is 5.57. The van der Waals surface area contributed by atoms with Gasteiger partial charge < -0.3 is 1.43 Å². The molecule has 0 fully saturated rings. The van der Waals surface area contributed by atoms with Crippen molar-refractivity contribution >= 4 is 10.1 Å². The summed E-state index contributed by atoms with van der Waals surface area (Å²) < 4.78 is 30.0. The molecule has 0 aliphatic rings. The first-order valence-electron chi connectivity index (χ1n) is 4.10. The molecule has 0 saturated carbocycles. The molecule has 1 rings (SSSR count). The van der Waals surface area contributed by atoms with E-state index in [0.717, 1.165) is 18.4 Å². The zero-order valence-corrected chi connectivity index (χ0v) is 9.21. The first-order chi connectivity index (χ1) is 6.04. The van der Waals surface area contributed by atoms with Crippen molar-refractivity contribution in [3.05, 3.63) is 29.8 Å². The van der Waals surface area contributed by atoms with E-state index >= 15 is 0 Å². The molecule has 0 unspecified atom stereocenters. The summed E-state index contributed by atoms with van der Waals surface area (Å²) in [6.45, 7) is 2.05. The fourth-order valence-electron chi connectivity index (χ4n) is 1.12. The summed E-state index contributed by atoms with van der Waals surface area (Å²) in [5.74, 6) is 0. The van der Waals surface area contributed by atoms with E-state index in [4.69, 9.17) is 4.55 Å². The Labute approximate surface area is 97.9 Å². The van der Waals surface area contributed by atoms with Crippen molar-refractivity contribution in [2.24, 2.45) is 0 Å². The Kier molecular flexibility index (Phi) is 5.46. The molecule has 0 aliphatic heterocycles. The predicted octanol–water partition coefficient (Wildman–Crippen LogP) is -0.998. The largest absolute Gasteiger partial charge is 1.00 e. The van der Waals surface area contributed by atoms with Crippen molar-refractivity contribution in [2.75, 3.05) is 0 Å². The van der Waals surface area contributed by atoms with Gasteiger partial charge in [0.25, 0.3) is 10.1 Å². The SMILES string of the molecule is CCCc1ccc(S(=O)(=O)O)cc1.[H-].[Li+]. The number of hydrogen-bond donors (Lipinski definition) is 1. The first-order valence-corrected chi connectivity index (χ1v) is 5.54. The van der Waals surface area contributed by atoms with Gasteiger partial charge in [0.15, 0.2) is 0 Å². The number of rotatable bonds is 3. The van der Waals surface area contributed by atoms with Gasteiger partial charge in [-0.2, -0.15) is 8.42 Å². The van der Waals surface area contributed by atoms with Crippen molar-refractivity contribution in [2.45, 2.75) is 24.7 Å². The molecule has 0 heterocycles. The van der Waals surface area contributed by atoms with E-state index in [9.17, 15) is 8.42 Å². The quantitative estimate of drug-likeness (QED) is 0.512. The molecule has 0 radical (unpaired) electrons. The molecule has 1 aromatic carbocycles. The summed E-state index contributed by atoms with van der Waals surface area (Å²) >= 11 is 0. The average molecular weight is 208 g/mol. The average Bonchev–Trinajstić information content (AvgIpc) is 2.04. The van der Waals surface area contributed by atoms with Crippen molar-refractivity contribution in [1.82, 2.24) is 0 Å². The van der Waals surface area contributed by atoms with Crippen LogP contribution in [0.2, 0.25) is 0 Å². The number of hydrogen-bond acceptors (Lipinski definition) is 2. The second-order valence-electron chi connectivity index (χ2n) is 2.87. The van der Waals surface area contributed by atoms with Gasteiger partial charge in [-0.3, -0.25) is 4.55 Å². The molecule has 0 bridgehead atoms. The Bertz CT molecular complexity index is 375. The second-order valence-corrected chi connectivity index (χ2v) is 4.29. The minimum absolute atomic E-state index is 0. The summed E-state index contributed by atoms with van der Waals surface area (Å²) in [7, 11) is -4.03. The van der Waals surface area contributed by atoms with E-state index in [1.165, 1.54) is 12.1 Å². The minimum atomic E-state index is -4.03. The molecule has 74 valence electrons. The molecular weight excluding hydrogens is 195 g/mol. The number of aryl methyl sites for hydroxylation is 1. The number of benzene rings is 1. The molecule has 0 saturated heterocycles. The minimum Gasteiger partial charge on any atom is -1.00 e. The van der Waals surface area contributed by atoms with Gasteiger partial charge >= 0.3 is 18.9 Å². The van der Waals surface area contributed by atoms with Crippen molar-refractivity contribution < 1.29 is 33.3 Å². The predicted molar refractivity (Wildman–Crippen MR) is 51.4 cm³/mol. The van der Waals surface area contributed by atoms with Gasteiger partial charge in [-0.25, -0.2) is 0 Å². The zero-order valence-electron chi connectivity index (χ0n) is 9.40. The monoisotopic (exact) mass is 208 g/mol. The normalized spacial score (nSPS) is 10.7. The van der Waals surface area contributed by atoms with Crippen LogP contribution in [-0.2, 0) is 16.5 Å². The Balaban J connectivity index is 0.